The zero-order chi connectivity index (χ0) is 14.8. The number of carbonyl (C=O) groups is 2. The van der Waals surface area contributed by atoms with Gasteiger partial charge in [-0.05, 0) is 44.5 Å². The Morgan fingerprint density at radius 2 is 2.00 bits per heavy atom. The van der Waals surface area contributed by atoms with Crippen LogP contribution < -0.4 is 10.6 Å². The highest BCUT2D eigenvalue weighted by Crippen LogP contribution is 2.25. The topological polar surface area (TPSA) is 87.7 Å². The smallest absolute Gasteiger partial charge is 0.335 e. The summed E-state index contributed by atoms with van der Waals surface area (Å²) in [6.45, 7) is 4.50. The molecule has 0 saturated carbocycles. The first-order chi connectivity index (χ1) is 9.40. The van der Waals surface area contributed by atoms with Gasteiger partial charge in [0.25, 0.3) is 0 Å². The van der Waals surface area contributed by atoms with Gasteiger partial charge in [-0.15, -0.1) is 0 Å². The number of ether oxygens (including phenoxy) is 1. The summed E-state index contributed by atoms with van der Waals surface area (Å²) in [5, 5.41) is 14.4. The second-order valence-electron chi connectivity index (χ2n) is 5.14. The Morgan fingerprint density at radius 1 is 1.35 bits per heavy atom. The average molecular weight is 278 g/mol. The molecule has 2 amide bonds. The summed E-state index contributed by atoms with van der Waals surface area (Å²) < 4.78 is 5.45. The van der Waals surface area contributed by atoms with Crippen molar-refractivity contribution in [1.29, 1.82) is 0 Å². The SMILES string of the molecule is CC1OCCC1(C)NC(=O)Nc1ccc(C(=O)O)cc1. The molecular formula is C14H18N2O4. The number of carboxylic acids is 1. The number of hydrogen-bond acceptors (Lipinski definition) is 3. The van der Waals surface area contributed by atoms with Crippen LogP contribution in [0.15, 0.2) is 24.3 Å². The quantitative estimate of drug-likeness (QED) is 0.790. The van der Waals surface area contributed by atoms with Gasteiger partial charge in [-0.1, -0.05) is 0 Å². The number of urea groups is 1. The Bertz CT molecular complexity index is 514. The lowest BCUT2D eigenvalue weighted by Crippen LogP contribution is -2.52. The van der Waals surface area contributed by atoms with Crippen molar-refractivity contribution in [3.8, 4) is 0 Å². The summed E-state index contributed by atoms with van der Waals surface area (Å²) in [7, 11) is 0. The van der Waals surface area contributed by atoms with Gasteiger partial charge in [-0.25, -0.2) is 9.59 Å². The van der Waals surface area contributed by atoms with E-state index in [9.17, 15) is 9.59 Å². The Morgan fingerprint density at radius 3 is 2.50 bits per heavy atom. The number of amides is 2. The van der Waals surface area contributed by atoms with Gasteiger partial charge < -0.3 is 20.5 Å². The summed E-state index contributed by atoms with van der Waals surface area (Å²) in [6, 6.07) is 5.68. The number of carboxylic acid groups (broad SMARTS) is 1. The minimum Gasteiger partial charge on any atom is -0.478 e. The van der Waals surface area contributed by atoms with Crippen molar-refractivity contribution >= 4 is 17.7 Å². The molecule has 1 saturated heterocycles. The first kappa shape index (κ1) is 14.3. The normalized spacial score (nSPS) is 25.2. The molecule has 1 aliphatic rings. The first-order valence-corrected chi connectivity index (χ1v) is 6.45. The van der Waals surface area contributed by atoms with Crippen molar-refractivity contribution in [2.24, 2.45) is 0 Å². The van der Waals surface area contributed by atoms with Crippen LogP contribution >= 0.6 is 0 Å². The first-order valence-electron chi connectivity index (χ1n) is 6.45. The monoisotopic (exact) mass is 278 g/mol. The molecule has 3 N–H and O–H groups in total. The predicted octanol–water partition coefficient (Wildman–Crippen LogP) is 2.07. The van der Waals surface area contributed by atoms with Crippen molar-refractivity contribution in [2.45, 2.75) is 31.9 Å². The van der Waals surface area contributed by atoms with Gasteiger partial charge in [-0.3, -0.25) is 0 Å². The highest BCUT2D eigenvalue weighted by Gasteiger charge is 2.38. The van der Waals surface area contributed by atoms with E-state index in [0.717, 1.165) is 6.42 Å². The average Bonchev–Trinajstić information content (AvgIpc) is 2.69. The van der Waals surface area contributed by atoms with Gasteiger partial charge in [-0.2, -0.15) is 0 Å². The third kappa shape index (κ3) is 3.08. The summed E-state index contributed by atoms with van der Waals surface area (Å²) in [5.74, 6) is -0.995. The van der Waals surface area contributed by atoms with Crippen LogP contribution in [-0.4, -0.2) is 35.4 Å². The maximum atomic E-state index is 11.9. The molecule has 1 aromatic carbocycles. The molecule has 0 aliphatic carbocycles. The second-order valence-corrected chi connectivity index (χ2v) is 5.14. The Labute approximate surface area is 117 Å². The molecule has 108 valence electrons. The van der Waals surface area contributed by atoms with Crippen molar-refractivity contribution in [2.75, 3.05) is 11.9 Å². The molecule has 0 spiro atoms. The van der Waals surface area contributed by atoms with E-state index in [-0.39, 0.29) is 23.2 Å². The molecule has 2 atom stereocenters. The number of rotatable bonds is 3. The van der Waals surface area contributed by atoms with E-state index in [1.165, 1.54) is 12.1 Å². The minimum atomic E-state index is -0.995. The maximum absolute atomic E-state index is 11.9. The van der Waals surface area contributed by atoms with Crippen molar-refractivity contribution in [3.05, 3.63) is 29.8 Å². The molecule has 0 bridgehead atoms. The van der Waals surface area contributed by atoms with Gasteiger partial charge in [0, 0.05) is 12.3 Å². The zero-order valence-electron chi connectivity index (χ0n) is 11.5. The summed E-state index contributed by atoms with van der Waals surface area (Å²) in [4.78, 5) is 22.7. The van der Waals surface area contributed by atoms with Crippen LogP contribution in [0.25, 0.3) is 0 Å². The zero-order valence-corrected chi connectivity index (χ0v) is 11.5. The third-order valence-electron chi connectivity index (χ3n) is 3.68. The molecule has 1 aliphatic heterocycles. The van der Waals surface area contributed by atoms with Crippen LogP contribution in [0.4, 0.5) is 10.5 Å². The molecular weight excluding hydrogens is 260 g/mol. The van der Waals surface area contributed by atoms with Gasteiger partial charge in [0.05, 0.1) is 17.2 Å². The van der Waals surface area contributed by atoms with E-state index in [1.54, 1.807) is 12.1 Å². The lowest BCUT2D eigenvalue weighted by Gasteiger charge is -2.28. The van der Waals surface area contributed by atoms with Gasteiger partial charge in [0.2, 0.25) is 0 Å². The van der Waals surface area contributed by atoms with Crippen LogP contribution in [0.1, 0.15) is 30.6 Å². The molecule has 2 unspecified atom stereocenters. The number of nitrogens with one attached hydrogen (secondary N) is 2. The lowest BCUT2D eigenvalue weighted by atomic mass is 9.95. The minimum absolute atomic E-state index is 0.0392. The number of hydrogen-bond donors (Lipinski definition) is 3. The number of anilines is 1. The van der Waals surface area contributed by atoms with E-state index in [0.29, 0.717) is 12.3 Å². The van der Waals surface area contributed by atoms with E-state index in [4.69, 9.17) is 9.84 Å². The Balaban J connectivity index is 1.96. The summed E-state index contributed by atoms with van der Waals surface area (Å²) >= 11 is 0. The Kier molecular flexibility index (Phi) is 3.94. The highest BCUT2D eigenvalue weighted by atomic mass is 16.5. The van der Waals surface area contributed by atoms with Crippen LogP contribution in [-0.2, 0) is 4.74 Å². The Hall–Kier alpha value is -2.08. The lowest BCUT2D eigenvalue weighted by molar-refractivity contribution is 0.0697. The molecule has 1 fully saturated rings. The third-order valence-corrected chi connectivity index (χ3v) is 3.68. The molecule has 1 aromatic rings. The van der Waals surface area contributed by atoms with Crippen molar-refractivity contribution in [1.82, 2.24) is 5.32 Å². The molecule has 2 rings (SSSR count). The van der Waals surface area contributed by atoms with Gasteiger partial charge >= 0.3 is 12.0 Å². The molecule has 0 aromatic heterocycles. The fraction of sp³-hybridized carbons (Fsp3) is 0.429. The fourth-order valence-corrected chi connectivity index (χ4v) is 2.12. The maximum Gasteiger partial charge on any atom is 0.335 e. The number of aromatic carboxylic acids is 1. The van der Waals surface area contributed by atoms with E-state index < -0.39 is 5.97 Å². The predicted molar refractivity (Wildman–Crippen MR) is 74.0 cm³/mol. The second kappa shape index (κ2) is 5.50. The number of benzene rings is 1. The molecule has 0 radical (unpaired) electrons. The largest absolute Gasteiger partial charge is 0.478 e. The van der Waals surface area contributed by atoms with Gasteiger partial charge in [0.1, 0.15) is 0 Å². The standard InChI is InChI=1S/C14H18N2O4/c1-9-14(2,7-8-20-9)16-13(19)15-11-5-3-10(4-6-11)12(17)18/h3-6,9H,7-8H2,1-2H3,(H,17,18)(H2,15,16,19). The van der Waals surface area contributed by atoms with Crippen LogP contribution in [0.3, 0.4) is 0 Å². The summed E-state index contributed by atoms with van der Waals surface area (Å²) in [5.41, 5.74) is 0.342. The summed E-state index contributed by atoms with van der Waals surface area (Å²) in [6.07, 6.45) is 0.724. The highest BCUT2D eigenvalue weighted by molar-refractivity contribution is 5.91. The van der Waals surface area contributed by atoms with E-state index >= 15 is 0 Å². The number of carbonyl (C=O) groups excluding carboxylic acids is 1. The molecule has 1 heterocycles. The van der Waals surface area contributed by atoms with Crippen molar-refractivity contribution in [3.63, 3.8) is 0 Å². The van der Waals surface area contributed by atoms with Crippen LogP contribution in [0.2, 0.25) is 0 Å². The fourth-order valence-electron chi connectivity index (χ4n) is 2.12. The van der Waals surface area contributed by atoms with E-state index in [1.807, 2.05) is 13.8 Å². The molecule has 6 nitrogen and oxygen atoms in total. The van der Waals surface area contributed by atoms with Crippen molar-refractivity contribution < 1.29 is 19.4 Å². The van der Waals surface area contributed by atoms with Gasteiger partial charge in [0.15, 0.2) is 0 Å². The molecule has 6 heteroatoms. The van der Waals surface area contributed by atoms with Crippen LogP contribution in [0, 0.1) is 0 Å². The van der Waals surface area contributed by atoms with E-state index in [2.05, 4.69) is 10.6 Å². The molecule has 20 heavy (non-hydrogen) atoms. The van der Waals surface area contributed by atoms with Crippen LogP contribution in [0.5, 0.6) is 0 Å².